The van der Waals surface area contributed by atoms with Gasteiger partial charge in [0.05, 0.1) is 11.0 Å². The van der Waals surface area contributed by atoms with Gasteiger partial charge >= 0.3 is 0 Å². The van der Waals surface area contributed by atoms with E-state index in [0.717, 1.165) is 28.3 Å². The maximum atomic E-state index is 2.45. The first-order valence-corrected chi connectivity index (χ1v) is 20.6. The van der Waals surface area contributed by atoms with Crippen molar-refractivity contribution >= 4 is 49.6 Å². The summed E-state index contributed by atoms with van der Waals surface area (Å²) >= 11 is 0. The average Bonchev–Trinajstić information content (AvgIpc) is 3.68. The summed E-state index contributed by atoms with van der Waals surface area (Å²) < 4.78 is 2.45. The summed E-state index contributed by atoms with van der Waals surface area (Å²) in [5, 5.41) is 5.01. The smallest absolute Gasteiger partial charge is 0.0619 e. The van der Waals surface area contributed by atoms with Crippen molar-refractivity contribution in [2.45, 2.75) is 0 Å². The molecule has 0 saturated heterocycles. The second-order valence-corrected chi connectivity index (χ2v) is 15.3. The molecule has 0 saturated carbocycles. The van der Waals surface area contributed by atoms with Crippen molar-refractivity contribution in [2.24, 2.45) is 0 Å². The van der Waals surface area contributed by atoms with E-state index in [-0.39, 0.29) is 0 Å². The molecule has 2 heteroatoms. The van der Waals surface area contributed by atoms with Crippen LogP contribution in [0.2, 0.25) is 0 Å². The van der Waals surface area contributed by atoms with E-state index in [9.17, 15) is 0 Å². The van der Waals surface area contributed by atoms with E-state index in [1.807, 2.05) is 0 Å². The summed E-state index contributed by atoms with van der Waals surface area (Å²) in [5.41, 5.74) is 16.4. The van der Waals surface area contributed by atoms with Crippen LogP contribution in [0.5, 0.6) is 0 Å². The van der Waals surface area contributed by atoms with E-state index in [1.165, 1.54) is 71.5 Å². The van der Waals surface area contributed by atoms with Crippen molar-refractivity contribution in [1.82, 2.24) is 4.57 Å². The topological polar surface area (TPSA) is 8.17 Å². The predicted molar refractivity (Wildman–Crippen MR) is 255 cm³/mol. The maximum absolute atomic E-state index is 2.45. The second kappa shape index (κ2) is 15.1. The Morgan fingerprint density at radius 3 is 1.62 bits per heavy atom. The van der Waals surface area contributed by atoms with E-state index in [1.54, 1.807) is 0 Å². The number of rotatable bonds is 8. The molecule has 0 fully saturated rings. The van der Waals surface area contributed by atoms with E-state index >= 15 is 0 Å². The Kier molecular flexibility index (Phi) is 8.87. The number of para-hydroxylation sites is 2. The lowest BCUT2D eigenvalue weighted by Gasteiger charge is -2.27. The second-order valence-electron chi connectivity index (χ2n) is 15.3. The van der Waals surface area contributed by atoms with Gasteiger partial charge in [0.2, 0.25) is 0 Å². The van der Waals surface area contributed by atoms with Crippen molar-refractivity contribution in [3.05, 3.63) is 243 Å². The highest BCUT2D eigenvalue weighted by atomic mass is 15.1. The third-order valence-electron chi connectivity index (χ3n) is 11.8. The maximum Gasteiger partial charge on any atom is 0.0619 e. The number of aromatic nitrogens is 1. The van der Waals surface area contributed by atoms with Crippen LogP contribution in [0.15, 0.2) is 243 Å². The minimum atomic E-state index is 1.09. The van der Waals surface area contributed by atoms with Crippen LogP contribution in [-0.2, 0) is 0 Å². The van der Waals surface area contributed by atoms with E-state index in [2.05, 4.69) is 252 Å². The first-order chi connectivity index (χ1) is 29.8. The van der Waals surface area contributed by atoms with Gasteiger partial charge in [-0.2, -0.15) is 0 Å². The molecule has 2 nitrogen and oxygen atoms in total. The van der Waals surface area contributed by atoms with Gasteiger partial charge in [0.15, 0.2) is 0 Å². The van der Waals surface area contributed by atoms with Gasteiger partial charge in [-0.05, 0) is 111 Å². The number of hydrogen-bond donors (Lipinski definition) is 0. The van der Waals surface area contributed by atoms with Crippen molar-refractivity contribution in [2.75, 3.05) is 4.90 Å². The molecule has 0 spiro atoms. The Labute approximate surface area is 350 Å². The SMILES string of the molecule is c1ccc(-c2cccc(-c3ccc(N(c4ccccc4)c4ccc(-c5cccc(-n6c7ccccc7c7ccc8ccccc8c76)c5)c(-c5ccccc5)c4)cc3)c2)cc1. The highest BCUT2D eigenvalue weighted by molar-refractivity contribution is 6.18. The fourth-order valence-electron chi connectivity index (χ4n) is 8.93. The quantitative estimate of drug-likeness (QED) is 0.150. The van der Waals surface area contributed by atoms with Gasteiger partial charge < -0.3 is 9.47 Å². The Balaban J connectivity index is 1.04. The van der Waals surface area contributed by atoms with Crippen molar-refractivity contribution in [3.63, 3.8) is 0 Å². The summed E-state index contributed by atoms with van der Waals surface area (Å²) in [6.45, 7) is 0. The van der Waals surface area contributed by atoms with Gasteiger partial charge in [-0.3, -0.25) is 0 Å². The highest BCUT2D eigenvalue weighted by Crippen LogP contribution is 2.43. The number of hydrogen-bond acceptors (Lipinski definition) is 1. The molecule has 0 aliphatic heterocycles. The lowest BCUT2D eigenvalue weighted by atomic mass is 9.93. The Hall–Kier alpha value is -7.94. The van der Waals surface area contributed by atoms with Crippen molar-refractivity contribution in [3.8, 4) is 50.2 Å². The number of fused-ring (bicyclic) bond motifs is 5. The van der Waals surface area contributed by atoms with Crippen LogP contribution in [0.4, 0.5) is 17.1 Å². The molecule has 10 aromatic carbocycles. The van der Waals surface area contributed by atoms with Crippen LogP contribution in [0.3, 0.4) is 0 Å². The molecule has 0 amide bonds. The lowest BCUT2D eigenvalue weighted by molar-refractivity contribution is 1.19. The van der Waals surface area contributed by atoms with E-state index in [0.29, 0.717) is 0 Å². The molecule has 0 N–H and O–H groups in total. The van der Waals surface area contributed by atoms with Gasteiger partial charge in [0.1, 0.15) is 0 Å². The summed E-state index contributed by atoms with van der Waals surface area (Å²) in [6, 6.07) is 87.8. The summed E-state index contributed by atoms with van der Waals surface area (Å²) in [7, 11) is 0. The third kappa shape index (κ3) is 6.32. The molecular formula is C58H40N2. The van der Waals surface area contributed by atoms with Crippen LogP contribution >= 0.6 is 0 Å². The normalized spacial score (nSPS) is 11.3. The Bertz CT molecular complexity index is 3290. The molecule has 0 atom stereocenters. The number of nitrogens with zero attached hydrogens (tertiary/aromatic N) is 2. The molecule has 0 aliphatic rings. The zero-order valence-corrected chi connectivity index (χ0v) is 33.0. The molecule has 1 aromatic heterocycles. The molecule has 60 heavy (non-hydrogen) atoms. The molecule has 0 bridgehead atoms. The molecule has 0 radical (unpaired) electrons. The summed E-state index contributed by atoms with van der Waals surface area (Å²) in [6.07, 6.45) is 0. The zero-order valence-electron chi connectivity index (χ0n) is 33.0. The van der Waals surface area contributed by atoms with Gasteiger partial charge in [-0.25, -0.2) is 0 Å². The zero-order chi connectivity index (χ0) is 39.8. The number of anilines is 3. The molecule has 0 aliphatic carbocycles. The van der Waals surface area contributed by atoms with Gasteiger partial charge in [-0.1, -0.05) is 182 Å². The van der Waals surface area contributed by atoms with Gasteiger partial charge in [0, 0.05) is 38.9 Å². The van der Waals surface area contributed by atoms with Crippen LogP contribution in [0.25, 0.3) is 82.8 Å². The first kappa shape index (κ1) is 35.2. The average molecular weight is 765 g/mol. The Morgan fingerprint density at radius 1 is 0.283 bits per heavy atom. The van der Waals surface area contributed by atoms with Gasteiger partial charge in [0.25, 0.3) is 0 Å². The predicted octanol–water partition coefficient (Wildman–Crippen LogP) is 16.1. The molecule has 11 rings (SSSR count). The standard InChI is InChI=1S/C58H40N2/c1-4-16-41(17-5-1)45-21-14-22-46(38-45)42-30-33-49(34-31-42)59(48-24-8-3-9-25-48)51-35-37-52(56(40-51)43-18-6-2-7-19-43)47-23-15-26-50(39-47)60-57-29-13-12-28-54(57)55-36-32-44-20-10-11-27-53(44)58(55)60/h1-40H. The van der Waals surface area contributed by atoms with Crippen LogP contribution < -0.4 is 4.90 Å². The minimum Gasteiger partial charge on any atom is -0.310 e. The summed E-state index contributed by atoms with van der Waals surface area (Å²) in [5.74, 6) is 0. The van der Waals surface area contributed by atoms with E-state index < -0.39 is 0 Å². The molecular weight excluding hydrogens is 725 g/mol. The lowest BCUT2D eigenvalue weighted by Crippen LogP contribution is -2.10. The highest BCUT2D eigenvalue weighted by Gasteiger charge is 2.19. The largest absolute Gasteiger partial charge is 0.310 e. The van der Waals surface area contributed by atoms with Crippen LogP contribution in [-0.4, -0.2) is 4.57 Å². The fraction of sp³-hybridized carbons (Fsp3) is 0. The molecule has 0 unspecified atom stereocenters. The van der Waals surface area contributed by atoms with Gasteiger partial charge in [-0.15, -0.1) is 0 Å². The van der Waals surface area contributed by atoms with Crippen molar-refractivity contribution < 1.29 is 0 Å². The fourth-order valence-corrected chi connectivity index (χ4v) is 8.93. The summed E-state index contributed by atoms with van der Waals surface area (Å²) in [4.78, 5) is 2.36. The number of benzene rings is 10. The molecule has 1 heterocycles. The monoisotopic (exact) mass is 764 g/mol. The minimum absolute atomic E-state index is 1.09. The van der Waals surface area contributed by atoms with Crippen LogP contribution in [0.1, 0.15) is 0 Å². The molecule has 11 aromatic rings. The first-order valence-electron chi connectivity index (χ1n) is 20.6. The van der Waals surface area contributed by atoms with Crippen molar-refractivity contribution in [1.29, 1.82) is 0 Å². The van der Waals surface area contributed by atoms with E-state index in [4.69, 9.17) is 0 Å². The Morgan fingerprint density at radius 2 is 0.850 bits per heavy atom. The third-order valence-corrected chi connectivity index (χ3v) is 11.8. The molecule has 282 valence electrons. The van der Waals surface area contributed by atoms with Crippen LogP contribution in [0, 0.1) is 0 Å².